The lowest BCUT2D eigenvalue weighted by atomic mass is 10.1. The quantitative estimate of drug-likeness (QED) is 0.882. The van der Waals surface area contributed by atoms with Gasteiger partial charge in [-0.25, -0.2) is 4.98 Å². The third-order valence-corrected chi connectivity index (χ3v) is 4.59. The topological polar surface area (TPSA) is 54.0 Å². The number of halogens is 1. The number of carbonyl (C=O) groups is 1. The summed E-state index contributed by atoms with van der Waals surface area (Å²) in [5, 5.41) is 6.22. The summed E-state index contributed by atoms with van der Waals surface area (Å²) in [4.78, 5) is 16.6. The molecule has 1 aliphatic rings. The van der Waals surface area contributed by atoms with E-state index in [0.717, 1.165) is 23.2 Å². The fraction of sp³-hybridized carbons (Fsp3) is 0.538. The number of hydrogen-bond acceptors (Lipinski definition) is 4. The van der Waals surface area contributed by atoms with Crippen molar-refractivity contribution >= 4 is 39.4 Å². The Labute approximate surface area is 126 Å². The van der Waals surface area contributed by atoms with E-state index in [1.165, 1.54) is 12.2 Å². The second kappa shape index (κ2) is 7.14. The zero-order valence-electron chi connectivity index (χ0n) is 10.9. The molecule has 0 aromatic carbocycles. The van der Waals surface area contributed by atoms with Crippen LogP contribution >= 0.6 is 27.7 Å². The van der Waals surface area contributed by atoms with Gasteiger partial charge in [-0.1, -0.05) is 0 Å². The second-order valence-electron chi connectivity index (χ2n) is 4.47. The van der Waals surface area contributed by atoms with Crippen molar-refractivity contribution in [2.75, 3.05) is 23.4 Å². The molecule has 1 unspecified atom stereocenters. The first kappa shape index (κ1) is 14.7. The van der Waals surface area contributed by atoms with Gasteiger partial charge in [0.2, 0.25) is 0 Å². The van der Waals surface area contributed by atoms with E-state index in [2.05, 4.69) is 31.5 Å². The second-order valence-corrected chi connectivity index (χ2v) is 6.53. The van der Waals surface area contributed by atoms with Gasteiger partial charge in [0, 0.05) is 29.0 Å². The first-order valence-corrected chi connectivity index (χ1v) is 8.43. The summed E-state index contributed by atoms with van der Waals surface area (Å²) < 4.78 is 0.817. The van der Waals surface area contributed by atoms with Crippen LogP contribution in [-0.2, 0) is 0 Å². The molecule has 2 N–H and O–H groups in total. The Bertz CT molecular complexity index is 450. The molecule has 104 valence electrons. The number of amides is 1. The molecule has 1 amide bonds. The Hall–Kier alpha value is -0.750. The number of thioether (sulfide) groups is 1. The molecule has 0 spiro atoms. The maximum atomic E-state index is 12.3. The number of aromatic nitrogens is 1. The molecule has 4 nitrogen and oxygen atoms in total. The van der Waals surface area contributed by atoms with Crippen LogP contribution in [0.1, 0.15) is 30.1 Å². The predicted molar refractivity (Wildman–Crippen MR) is 83.9 cm³/mol. The Balaban J connectivity index is 2.10. The van der Waals surface area contributed by atoms with Gasteiger partial charge in [-0.2, -0.15) is 11.8 Å². The molecule has 0 saturated carbocycles. The van der Waals surface area contributed by atoms with Crippen LogP contribution in [0, 0.1) is 0 Å². The van der Waals surface area contributed by atoms with Gasteiger partial charge >= 0.3 is 0 Å². The summed E-state index contributed by atoms with van der Waals surface area (Å²) in [5.41, 5.74) is 0.604. The van der Waals surface area contributed by atoms with Crippen molar-refractivity contribution in [3.63, 3.8) is 0 Å². The lowest BCUT2D eigenvalue weighted by molar-refractivity contribution is 0.0939. The monoisotopic (exact) mass is 343 g/mol. The number of pyridine rings is 1. The number of rotatable bonds is 4. The Morgan fingerprint density at radius 1 is 1.63 bits per heavy atom. The van der Waals surface area contributed by atoms with E-state index in [4.69, 9.17) is 0 Å². The van der Waals surface area contributed by atoms with Crippen LogP contribution in [0.3, 0.4) is 0 Å². The van der Waals surface area contributed by atoms with Crippen LogP contribution in [0.4, 0.5) is 5.82 Å². The largest absolute Gasteiger partial charge is 0.370 e. The molecule has 0 bridgehead atoms. The highest BCUT2D eigenvalue weighted by molar-refractivity contribution is 9.10. The smallest absolute Gasteiger partial charge is 0.255 e. The average Bonchev–Trinajstić information content (AvgIpc) is 2.42. The van der Waals surface area contributed by atoms with Crippen molar-refractivity contribution in [3.05, 3.63) is 22.3 Å². The van der Waals surface area contributed by atoms with Gasteiger partial charge in [-0.15, -0.1) is 0 Å². The molecule has 0 radical (unpaired) electrons. The summed E-state index contributed by atoms with van der Waals surface area (Å²) in [6.45, 7) is 2.73. The Morgan fingerprint density at radius 2 is 2.47 bits per heavy atom. The van der Waals surface area contributed by atoms with Crippen LogP contribution < -0.4 is 10.6 Å². The van der Waals surface area contributed by atoms with Gasteiger partial charge in [0.25, 0.3) is 5.91 Å². The van der Waals surface area contributed by atoms with Crippen molar-refractivity contribution in [3.8, 4) is 0 Å². The number of carbonyl (C=O) groups excluding carboxylic acids is 1. The van der Waals surface area contributed by atoms with Gasteiger partial charge in [0.15, 0.2) is 0 Å². The van der Waals surface area contributed by atoms with E-state index < -0.39 is 0 Å². The van der Waals surface area contributed by atoms with Crippen LogP contribution in [0.2, 0.25) is 0 Å². The summed E-state index contributed by atoms with van der Waals surface area (Å²) in [6, 6.07) is 2.09. The van der Waals surface area contributed by atoms with Gasteiger partial charge in [-0.05, 0) is 47.5 Å². The zero-order valence-corrected chi connectivity index (χ0v) is 13.3. The van der Waals surface area contributed by atoms with Crippen molar-refractivity contribution in [1.82, 2.24) is 10.3 Å². The highest BCUT2D eigenvalue weighted by atomic mass is 79.9. The van der Waals surface area contributed by atoms with E-state index in [9.17, 15) is 4.79 Å². The van der Waals surface area contributed by atoms with E-state index >= 15 is 0 Å². The highest BCUT2D eigenvalue weighted by Gasteiger charge is 2.19. The third kappa shape index (κ3) is 4.11. The van der Waals surface area contributed by atoms with Crippen LogP contribution in [-0.4, -0.2) is 35.0 Å². The number of nitrogens with one attached hydrogen (secondary N) is 2. The fourth-order valence-corrected chi connectivity index (χ4v) is 3.44. The van der Waals surface area contributed by atoms with Gasteiger partial charge in [-0.3, -0.25) is 4.79 Å². The Morgan fingerprint density at radius 3 is 3.16 bits per heavy atom. The molecule has 2 rings (SSSR count). The summed E-state index contributed by atoms with van der Waals surface area (Å²) in [7, 11) is 0. The van der Waals surface area contributed by atoms with Crippen molar-refractivity contribution in [1.29, 1.82) is 0 Å². The molecule has 1 saturated heterocycles. The molecule has 1 fully saturated rings. The predicted octanol–water partition coefficient (Wildman–Crippen LogP) is 2.90. The summed E-state index contributed by atoms with van der Waals surface area (Å²) >= 11 is 5.27. The summed E-state index contributed by atoms with van der Waals surface area (Å²) in [5.74, 6) is 2.81. The number of hydrogen-bond donors (Lipinski definition) is 2. The van der Waals surface area contributed by atoms with Crippen LogP contribution in [0.25, 0.3) is 0 Å². The standard InChI is InChI=1S/C13H18BrN3OS/c1-2-15-12-11(6-9(14)7-16-12)13(18)17-10-4-3-5-19-8-10/h6-7,10H,2-5,8H2,1H3,(H,15,16)(H,17,18). The molecule has 1 aliphatic heterocycles. The summed E-state index contributed by atoms with van der Waals surface area (Å²) in [6.07, 6.45) is 3.94. The lowest BCUT2D eigenvalue weighted by Crippen LogP contribution is -2.38. The minimum atomic E-state index is -0.0442. The highest BCUT2D eigenvalue weighted by Crippen LogP contribution is 2.20. The fourth-order valence-electron chi connectivity index (χ4n) is 2.04. The zero-order chi connectivity index (χ0) is 13.7. The maximum Gasteiger partial charge on any atom is 0.255 e. The van der Waals surface area contributed by atoms with Gasteiger partial charge in [0.05, 0.1) is 5.56 Å². The van der Waals surface area contributed by atoms with E-state index in [0.29, 0.717) is 11.4 Å². The molecule has 6 heteroatoms. The van der Waals surface area contributed by atoms with Crippen molar-refractivity contribution in [2.45, 2.75) is 25.8 Å². The van der Waals surface area contributed by atoms with E-state index in [1.54, 1.807) is 6.20 Å². The van der Waals surface area contributed by atoms with Crippen molar-refractivity contribution < 1.29 is 4.79 Å². The van der Waals surface area contributed by atoms with Gasteiger partial charge < -0.3 is 10.6 Å². The minimum absolute atomic E-state index is 0.0442. The maximum absolute atomic E-state index is 12.3. The van der Waals surface area contributed by atoms with Crippen molar-refractivity contribution in [2.24, 2.45) is 0 Å². The van der Waals surface area contributed by atoms with Gasteiger partial charge in [0.1, 0.15) is 5.82 Å². The van der Waals surface area contributed by atoms with E-state index in [1.807, 2.05) is 24.8 Å². The minimum Gasteiger partial charge on any atom is -0.370 e. The molecule has 2 heterocycles. The van der Waals surface area contributed by atoms with E-state index in [-0.39, 0.29) is 11.9 Å². The van der Waals surface area contributed by atoms with Crippen LogP contribution in [0.5, 0.6) is 0 Å². The Kier molecular flexibility index (Phi) is 5.51. The SMILES string of the molecule is CCNc1ncc(Br)cc1C(=O)NC1CCCSC1. The third-order valence-electron chi connectivity index (χ3n) is 2.94. The first-order chi connectivity index (χ1) is 9.20. The first-order valence-electron chi connectivity index (χ1n) is 6.48. The number of nitrogens with zero attached hydrogens (tertiary/aromatic N) is 1. The van der Waals surface area contributed by atoms with Crippen LogP contribution in [0.15, 0.2) is 16.7 Å². The molecular formula is C13H18BrN3OS. The molecule has 19 heavy (non-hydrogen) atoms. The molecule has 0 aliphatic carbocycles. The average molecular weight is 344 g/mol. The number of anilines is 1. The molecule has 1 aromatic heterocycles. The molecule has 1 aromatic rings. The molecular weight excluding hydrogens is 326 g/mol. The normalized spacial score (nSPS) is 18.9. The lowest BCUT2D eigenvalue weighted by Gasteiger charge is -2.23. The molecule has 1 atom stereocenters.